The quantitative estimate of drug-likeness (QED) is 0.386. The molecule has 0 fully saturated rings. The Morgan fingerprint density at radius 3 is 3.00 bits per heavy atom. The van der Waals surface area contributed by atoms with E-state index in [0.717, 1.165) is 0 Å². The van der Waals surface area contributed by atoms with E-state index in [-0.39, 0.29) is 16.8 Å². The van der Waals surface area contributed by atoms with E-state index in [9.17, 15) is 4.79 Å². The van der Waals surface area contributed by atoms with Gasteiger partial charge in [0.05, 0.1) is 5.84 Å². The van der Waals surface area contributed by atoms with Gasteiger partial charge in [0.1, 0.15) is 0 Å². The highest BCUT2D eigenvalue weighted by molar-refractivity contribution is 7.99. The van der Waals surface area contributed by atoms with Gasteiger partial charge in [0.25, 0.3) is 0 Å². The Bertz CT molecular complexity index is 396. The molecule has 6 nitrogen and oxygen atoms in total. The van der Waals surface area contributed by atoms with Crippen molar-refractivity contribution in [3.8, 4) is 0 Å². The van der Waals surface area contributed by atoms with Crippen molar-refractivity contribution in [2.24, 2.45) is 5.73 Å². The molecule has 0 aliphatic carbocycles. The fourth-order valence-electron chi connectivity index (χ4n) is 1.20. The minimum Gasteiger partial charge on any atom is -0.388 e. The Morgan fingerprint density at radius 1 is 1.80 bits per heavy atom. The van der Waals surface area contributed by atoms with Gasteiger partial charge in [0, 0.05) is 18.2 Å². The average Bonchev–Trinajstić information content (AvgIpc) is 2.45. The lowest BCUT2D eigenvalue weighted by atomic mass is 10.3. The topological polar surface area (TPSA) is 101 Å². The van der Waals surface area contributed by atoms with Crippen molar-refractivity contribution in [3.63, 3.8) is 0 Å². The molecule has 1 aromatic heterocycles. The molecule has 1 atom stereocenters. The smallest absolute Gasteiger partial charge is 0.343 e. The van der Waals surface area contributed by atoms with Crippen molar-refractivity contribution < 1.29 is 0 Å². The number of nitrogens with zero attached hydrogens (tertiary/aromatic N) is 2. The summed E-state index contributed by atoms with van der Waals surface area (Å²) in [5.74, 6) is 0.149. The molecule has 0 amide bonds. The third kappa shape index (κ3) is 3.12. The maximum Gasteiger partial charge on any atom is 0.343 e. The molecule has 15 heavy (non-hydrogen) atoms. The SMILES string of the molecule is CCn1c(SC(C)CC(=N)N)n[nH]c1=O. The molecular formula is C8H15N5OS. The van der Waals surface area contributed by atoms with Crippen molar-refractivity contribution in [1.82, 2.24) is 14.8 Å². The summed E-state index contributed by atoms with van der Waals surface area (Å²) in [5, 5.41) is 14.3. The predicted octanol–water partition coefficient (Wildman–Crippen LogP) is 0.398. The minimum absolute atomic E-state index is 0.142. The van der Waals surface area contributed by atoms with Crippen LogP contribution in [0.2, 0.25) is 0 Å². The van der Waals surface area contributed by atoms with Crippen molar-refractivity contribution >= 4 is 17.6 Å². The van der Waals surface area contributed by atoms with Gasteiger partial charge in [-0.25, -0.2) is 9.89 Å². The Balaban J connectivity index is 2.72. The van der Waals surface area contributed by atoms with Crippen LogP contribution >= 0.6 is 11.8 Å². The summed E-state index contributed by atoms with van der Waals surface area (Å²) in [5.41, 5.74) is 5.10. The van der Waals surface area contributed by atoms with E-state index in [0.29, 0.717) is 18.1 Å². The molecule has 0 saturated carbocycles. The molecule has 1 aromatic rings. The number of amidine groups is 1. The Kier molecular flexibility index (Phi) is 3.96. The molecule has 0 spiro atoms. The summed E-state index contributed by atoms with van der Waals surface area (Å²) in [6.07, 6.45) is 0.495. The normalized spacial score (nSPS) is 12.7. The van der Waals surface area contributed by atoms with E-state index in [4.69, 9.17) is 11.1 Å². The van der Waals surface area contributed by atoms with Crippen molar-refractivity contribution in [3.05, 3.63) is 10.5 Å². The number of nitrogens with one attached hydrogen (secondary N) is 2. The average molecular weight is 229 g/mol. The first-order valence-electron chi connectivity index (χ1n) is 4.69. The highest BCUT2D eigenvalue weighted by atomic mass is 32.2. The molecule has 4 N–H and O–H groups in total. The summed E-state index contributed by atoms with van der Waals surface area (Å²) in [4.78, 5) is 11.2. The first-order chi connectivity index (χ1) is 7.04. The zero-order valence-electron chi connectivity index (χ0n) is 8.78. The molecule has 1 heterocycles. The largest absolute Gasteiger partial charge is 0.388 e. The fourth-order valence-corrected chi connectivity index (χ4v) is 2.26. The highest BCUT2D eigenvalue weighted by Crippen LogP contribution is 2.21. The second-order valence-electron chi connectivity index (χ2n) is 3.21. The van der Waals surface area contributed by atoms with Crippen LogP contribution in [0.5, 0.6) is 0 Å². The second kappa shape index (κ2) is 5.01. The van der Waals surface area contributed by atoms with Crippen LogP contribution in [0.3, 0.4) is 0 Å². The zero-order chi connectivity index (χ0) is 11.4. The maximum atomic E-state index is 11.2. The molecule has 1 rings (SSSR count). The molecular weight excluding hydrogens is 214 g/mol. The monoisotopic (exact) mass is 229 g/mol. The second-order valence-corrected chi connectivity index (χ2v) is 4.62. The lowest BCUT2D eigenvalue weighted by Crippen LogP contribution is -2.18. The third-order valence-corrected chi connectivity index (χ3v) is 2.94. The van der Waals surface area contributed by atoms with Crippen LogP contribution in [0.25, 0.3) is 0 Å². The van der Waals surface area contributed by atoms with Crippen LogP contribution in [0, 0.1) is 5.41 Å². The molecule has 0 aliphatic heterocycles. The fraction of sp³-hybridized carbons (Fsp3) is 0.625. The van der Waals surface area contributed by atoms with E-state index < -0.39 is 0 Å². The molecule has 0 aliphatic rings. The van der Waals surface area contributed by atoms with Gasteiger partial charge < -0.3 is 5.73 Å². The van der Waals surface area contributed by atoms with Gasteiger partial charge in [-0.15, -0.1) is 5.10 Å². The van der Waals surface area contributed by atoms with Crippen LogP contribution in [0.1, 0.15) is 20.3 Å². The molecule has 0 saturated heterocycles. The van der Waals surface area contributed by atoms with Gasteiger partial charge in [-0.05, 0) is 6.92 Å². The minimum atomic E-state index is -0.199. The highest BCUT2D eigenvalue weighted by Gasteiger charge is 2.12. The van der Waals surface area contributed by atoms with E-state index in [1.807, 2.05) is 13.8 Å². The van der Waals surface area contributed by atoms with E-state index in [1.165, 1.54) is 11.8 Å². The van der Waals surface area contributed by atoms with Crippen LogP contribution < -0.4 is 11.4 Å². The standard InChI is InChI=1S/C8H15N5OS/c1-3-13-7(14)11-12-8(13)15-5(2)4-6(9)10/h5H,3-4H2,1-2H3,(H3,9,10)(H,11,14). The number of rotatable bonds is 5. The zero-order valence-corrected chi connectivity index (χ0v) is 9.60. The summed E-state index contributed by atoms with van der Waals surface area (Å²) >= 11 is 1.44. The summed E-state index contributed by atoms with van der Waals surface area (Å²) in [7, 11) is 0. The van der Waals surface area contributed by atoms with Crippen molar-refractivity contribution in [1.29, 1.82) is 5.41 Å². The van der Waals surface area contributed by atoms with Crippen LogP contribution in [-0.4, -0.2) is 25.9 Å². The Hall–Kier alpha value is -1.24. The van der Waals surface area contributed by atoms with Gasteiger partial charge in [-0.1, -0.05) is 18.7 Å². The van der Waals surface area contributed by atoms with Crippen LogP contribution in [-0.2, 0) is 6.54 Å². The number of H-pyrrole nitrogens is 1. The van der Waals surface area contributed by atoms with Crippen LogP contribution in [0.15, 0.2) is 9.95 Å². The molecule has 7 heteroatoms. The lowest BCUT2D eigenvalue weighted by molar-refractivity contribution is 0.659. The lowest BCUT2D eigenvalue weighted by Gasteiger charge is -2.08. The molecule has 1 unspecified atom stereocenters. The number of nitrogens with two attached hydrogens (primary N) is 1. The molecule has 0 radical (unpaired) electrons. The van der Waals surface area contributed by atoms with Crippen LogP contribution in [0.4, 0.5) is 0 Å². The van der Waals surface area contributed by atoms with Gasteiger partial charge in [-0.2, -0.15) is 0 Å². The molecule has 0 aromatic carbocycles. The van der Waals surface area contributed by atoms with E-state index in [1.54, 1.807) is 4.57 Å². The van der Waals surface area contributed by atoms with Gasteiger partial charge in [0.2, 0.25) is 0 Å². The van der Waals surface area contributed by atoms with Gasteiger partial charge in [0.15, 0.2) is 5.16 Å². The first kappa shape index (κ1) is 11.8. The first-order valence-corrected chi connectivity index (χ1v) is 5.57. The Morgan fingerprint density at radius 2 is 2.47 bits per heavy atom. The van der Waals surface area contributed by atoms with Gasteiger partial charge >= 0.3 is 5.69 Å². The molecule has 0 bridgehead atoms. The maximum absolute atomic E-state index is 11.2. The number of hydrogen-bond donors (Lipinski definition) is 3. The van der Waals surface area contributed by atoms with E-state index >= 15 is 0 Å². The summed E-state index contributed by atoms with van der Waals surface area (Å²) in [6.45, 7) is 4.42. The number of hydrogen-bond acceptors (Lipinski definition) is 4. The van der Waals surface area contributed by atoms with E-state index in [2.05, 4.69) is 10.2 Å². The summed E-state index contributed by atoms with van der Waals surface area (Å²) in [6, 6.07) is 0. The number of thioether (sulfide) groups is 1. The Labute approximate surface area is 91.8 Å². The predicted molar refractivity (Wildman–Crippen MR) is 60.4 cm³/mol. The van der Waals surface area contributed by atoms with Crippen molar-refractivity contribution in [2.45, 2.75) is 37.2 Å². The van der Waals surface area contributed by atoms with Crippen molar-refractivity contribution in [2.75, 3.05) is 0 Å². The third-order valence-electron chi connectivity index (χ3n) is 1.85. The summed E-state index contributed by atoms with van der Waals surface area (Å²) < 4.78 is 1.56. The molecule has 84 valence electrons. The number of aromatic nitrogens is 3. The van der Waals surface area contributed by atoms with Gasteiger partial charge in [-0.3, -0.25) is 9.98 Å². The number of aromatic amines is 1.